The average molecular weight is 329 g/mol. The lowest BCUT2D eigenvalue weighted by molar-refractivity contribution is -0.142. The molecule has 0 rings (SSSR count). The predicted octanol–water partition coefficient (Wildman–Crippen LogP) is -0.630. The minimum absolute atomic E-state index is 0.167. The Balaban J connectivity index is 4.62. The van der Waals surface area contributed by atoms with Crippen molar-refractivity contribution in [3.63, 3.8) is 0 Å². The Kier molecular flexibility index (Phi) is 9.36. The average Bonchev–Trinajstić information content (AvgIpc) is 2.39. The lowest BCUT2D eigenvalue weighted by atomic mass is 10.0. The van der Waals surface area contributed by atoms with E-state index in [9.17, 15) is 19.5 Å². The molecular formula is C14H27N5O4. The molecule has 0 aromatic rings. The Morgan fingerprint density at radius 3 is 2.22 bits per heavy atom. The van der Waals surface area contributed by atoms with Gasteiger partial charge in [0.2, 0.25) is 11.8 Å². The monoisotopic (exact) mass is 329 g/mol. The van der Waals surface area contributed by atoms with Crippen LogP contribution in [-0.2, 0) is 14.4 Å². The van der Waals surface area contributed by atoms with Gasteiger partial charge in [0.1, 0.15) is 12.1 Å². The lowest BCUT2D eigenvalue weighted by Crippen LogP contribution is -2.51. The van der Waals surface area contributed by atoms with E-state index in [0.29, 0.717) is 19.4 Å². The molecule has 7 N–H and O–H groups in total. The van der Waals surface area contributed by atoms with Crippen molar-refractivity contribution in [2.75, 3.05) is 6.54 Å². The van der Waals surface area contributed by atoms with Gasteiger partial charge in [-0.1, -0.05) is 13.8 Å². The molecule has 0 saturated carbocycles. The number of guanidine groups is 1. The molecule has 0 aromatic heterocycles. The van der Waals surface area contributed by atoms with Crippen LogP contribution >= 0.6 is 0 Å². The summed E-state index contributed by atoms with van der Waals surface area (Å²) in [5.74, 6) is -2.03. The Bertz CT molecular complexity index is 439. The first-order chi connectivity index (χ1) is 10.6. The van der Waals surface area contributed by atoms with Crippen LogP contribution < -0.4 is 21.7 Å². The maximum absolute atomic E-state index is 12.2. The highest BCUT2D eigenvalue weighted by atomic mass is 16.4. The highest BCUT2D eigenvalue weighted by molar-refractivity contribution is 5.89. The van der Waals surface area contributed by atoms with Crippen molar-refractivity contribution in [1.82, 2.24) is 16.0 Å². The molecule has 0 aromatic carbocycles. The third-order valence-corrected chi connectivity index (χ3v) is 3.00. The van der Waals surface area contributed by atoms with E-state index in [1.165, 1.54) is 6.92 Å². The summed E-state index contributed by atoms with van der Waals surface area (Å²) in [6.45, 7) is 5.47. The van der Waals surface area contributed by atoms with Crippen LogP contribution in [0.3, 0.4) is 0 Å². The fraction of sp³-hybridized carbons (Fsp3) is 0.714. The first-order valence-corrected chi connectivity index (χ1v) is 7.51. The van der Waals surface area contributed by atoms with Crippen molar-refractivity contribution in [3.05, 3.63) is 0 Å². The van der Waals surface area contributed by atoms with Crippen LogP contribution in [0.1, 0.15) is 40.0 Å². The van der Waals surface area contributed by atoms with E-state index in [0.717, 1.165) is 0 Å². The Labute approximate surface area is 135 Å². The number of aliphatic carboxylic acids is 1. The number of nitrogens with two attached hydrogens (primary N) is 1. The van der Waals surface area contributed by atoms with Crippen molar-refractivity contribution < 1.29 is 19.5 Å². The molecule has 0 aliphatic rings. The van der Waals surface area contributed by atoms with E-state index in [2.05, 4.69) is 16.0 Å². The van der Waals surface area contributed by atoms with E-state index in [1.807, 2.05) is 13.8 Å². The molecule has 0 unspecified atom stereocenters. The van der Waals surface area contributed by atoms with E-state index < -0.39 is 24.0 Å². The SMILES string of the molecule is CC(=O)N[C@@H](CC(C)C)C(=O)N[C@@H](CCCNC(=N)N)C(=O)O. The number of amides is 2. The van der Waals surface area contributed by atoms with Crippen LogP contribution in [-0.4, -0.2) is 47.5 Å². The van der Waals surface area contributed by atoms with Gasteiger partial charge in [0.05, 0.1) is 0 Å². The van der Waals surface area contributed by atoms with Gasteiger partial charge in [0, 0.05) is 13.5 Å². The molecule has 9 nitrogen and oxygen atoms in total. The Morgan fingerprint density at radius 1 is 1.17 bits per heavy atom. The standard InChI is InChI=1S/C14H27N5O4/c1-8(2)7-11(18-9(3)20)12(21)19-10(13(22)23)5-4-6-17-14(15)16/h8,10-11H,4-7H2,1-3H3,(H,18,20)(H,19,21)(H,22,23)(H4,15,16,17)/t10-,11-/m0/s1. The highest BCUT2D eigenvalue weighted by Crippen LogP contribution is 2.06. The number of carboxylic acid groups (broad SMARTS) is 1. The quantitative estimate of drug-likeness (QED) is 0.178. The zero-order valence-electron chi connectivity index (χ0n) is 13.8. The minimum Gasteiger partial charge on any atom is -0.480 e. The first kappa shape index (κ1) is 20.7. The molecule has 0 saturated heterocycles. The number of rotatable bonds is 10. The summed E-state index contributed by atoms with van der Waals surface area (Å²) in [5.41, 5.74) is 5.13. The minimum atomic E-state index is -1.15. The molecule has 0 radical (unpaired) electrons. The summed E-state index contributed by atoms with van der Waals surface area (Å²) >= 11 is 0. The van der Waals surface area contributed by atoms with Crippen LogP contribution in [0.5, 0.6) is 0 Å². The van der Waals surface area contributed by atoms with Gasteiger partial charge in [0.25, 0.3) is 0 Å². The predicted molar refractivity (Wildman–Crippen MR) is 85.8 cm³/mol. The van der Waals surface area contributed by atoms with Gasteiger partial charge in [-0.3, -0.25) is 15.0 Å². The zero-order chi connectivity index (χ0) is 18.0. The van der Waals surface area contributed by atoms with Crippen LogP contribution in [0.15, 0.2) is 0 Å². The maximum atomic E-state index is 12.2. The molecule has 0 bridgehead atoms. The first-order valence-electron chi connectivity index (χ1n) is 7.51. The smallest absolute Gasteiger partial charge is 0.326 e. The van der Waals surface area contributed by atoms with E-state index in [4.69, 9.17) is 11.1 Å². The number of carboxylic acids is 1. The zero-order valence-corrected chi connectivity index (χ0v) is 13.8. The van der Waals surface area contributed by atoms with Gasteiger partial charge in [-0.05, 0) is 25.2 Å². The molecule has 0 fully saturated rings. The van der Waals surface area contributed by atoms with Gasteiger partial charge in [-0.25, -0.2) is 4.79 Å². The van der Waals surface area contributed by atoms with Gasteiger partial charge < -0.3 is 26.8 Å². The number of hydrogen-bond donors (Lipinski definition) is 6. The topological polar surface area (TPSA) is 157 Å². The van der Waals surface area contributed by atoms with E-state index >= 15 is 0 Å². The molecule has 0 aliphatic carbocycles. The lowest BCUT2D eigenvalue weighted by Gasteiger charge is -2.22. The number of carbonyl (C=O) groups is 3. The largest absolute Gasteiger partial charge is 0.480 e. The van der Waals surface area contributed by atoms with Crippen molar-refractivity contribution in [2.24, 2.45) is 11.7 Å². The fourth-order valence-electron chi connectivity index (χ4n) is 2.01. The third-order valence-electron chi connectivity index (χ3n) is 3.00. The molecule has 0 heterocycles. The van der Waals surface area contributed by atoms with E-state index in [-0.39, 0.29) is 24.2 Å². The number of carbonyl (C=O) groups excluding carboxylic acids is 2. The molecule has 23 heavy (non-hydrogen) atoms. The van der Waals surface area contributed by atoms with Crippen LogP contribution in [0.4, 0.5) is 0 Å². The molecule has 9 heteroatoms. The van der Waals surface area contributed by atoms with Gasteiger partial charge in [-0.2, -0.15) is 0 Å². The Morgan fingerprint density at radius 2 is 1.78 bits per heavy atom. The molecule has 0 aliphatic heterocycles. The fourth-order valence-corrected chi connectivity index (χ4v) is 2.01. The van der Waals surface area contributed by atoms with Crippen molar-refractivity contribution in [3.8, 4) is 0 Å². The van der Waals surface area contributed by atoms with Gasteiger partial charge in [0.15, 0.2) is 5.96 Å². The summed E-state index contributed by atoms with van der Waals surface area (Å²) in [6, 6.07) is -1.82. The molecular weight excluding hydrogens is 302 g/mol. The second-order valence-electron chi connectivity index (χ2n) is 5.76. The summed E-state index contributed by atoms with van der Waals surface area (Å²) in [5, 5.41) is 23.7. The summed E-state index contributed by atoms with van der Waals surface area (Å²) < 4.78 is 0. The van der Waals surface area contributed by atoms with E-state index in [1.54, 1.807) is 0 Å². The van der Waals surface area contributed by atoms with Crippen LogP contribution in [0, 0.1) is 11.3 Å². The normalized spacial score (nSPS) is 13.0. The van der Waals surface area contributed by atoms with Crippen LogP contribution in [0.2, 0.25) is 0 Å². The van der Waals surface area contributed by atoms with Crippen LogP contribution in [0.25, 0.3) is 0 Å². The van der Waals surface area contributed by atoms with Crippen molar-refractivity contribution in [2.45, 2.75) is 52.1 Å². The summed E-state index contributed by atoms with van der Waals surface area (Å²) in [4.78, 5) is 34.6. The summed E-state index contributed by atoms with van der Waals surface area (Å²) in [7, 11) is 0. The molecule has 0 spiro atoms. The van der Waals surface area contributed by atoms with Gasteiger partial charge >= 0.3 is 5.97 Å². The molecule has 2 atom stereocenters. The summed E-state index contributed by atoms with van der Waals surface area (Å²) in [6.07, 6.45) is 1.03. The molecule has 2 amide bonds. The number of nitrogens with one attached hydrogen (secondary N) is 4. The molecule has 132 valence electrons. The van der Waals surface area contributed by atoms with Gasteiger partial charge in [-0.15, -0.1) is 0 Å². The van der Waals surface area contributed by atoms with Crippen molar-refractivity contribution in [1.29, 1.82) is 5.41 Å². The number of hydrogen-bond acceptors (Lipinski definition) is 4. The second kappa shape index (κ2) is 10.4. The van der Waals surface area contributed by atoms with Crippen molar-refractivity contribution >= 4 is 23.7 Å². The Hall–Kier alpha value is -2.32. The highest BCUT2D eigenvalue weighted by Gasteiger charge is 2.26. The second-order valence-corrected chi connectivity index (χ2v) is 5.76. The maximum Gasteiger partial charge on any atom is 0.326 e. The third kappa shape index (κ3) is 10.1.